The van der Waals surface area contributed by atoms with Gasteiger partial charge >= 0.3 is 12.2 Å². The number of aliphatic hydroxyl groups is 1. The predicted octanol–water partition coefficient (Wildman–Crippen LogP) is 3.70. The third kappa shape index (κ3) is 3.77. The molecule has 4 fully saturated rings. The van der Waals surface area contributed by atoms with Crippen LogP contribution in [-0.2, 0) is 14.3 Å². The first-order valence-corrected chi connectivity index (χ1v) is 12.7. The van der Waals surface area contributed by atoms with E-state index in [1.807, 2.05) is 6.92 Å². The zero-order valence-electron chi connectivity index (χ0n) is 20.8. The van der Waals surface area contributed by atoms with Gasteiger partial charge in [-0.05, 0) is 55.8 Å². The van der Waals surface area contributed by atoms with E-state index in [2.05, 4.69) is 32.7 Å². The molecule has 0 aromatic rings. The van der Waals surface area contributed by atoms with Crippen LogP contribution in [-0.4, -0.2) is 47.4 Å². The van der Waals surface area contributed by atoms with E-state index in [4.69, 9.17) is 15.2 Å². The lowest BCUT2D eigenvalue weighted by Gasteiger charge is -2.61. The van der Waals surface area contributed by atoms with E-state index >= 15 is 0 Å². The third-order valence-corrected chi connectivity index (χ3v) is 10.2. The number of rotatable bonds is 3. The fourth-order valence-electron chi connectivity index (χ4n) is 7.63. The van der Waals surface area contributed by atoms with Crippen molar-refractivity contribution in [2.24, 2.45) is 39.7 Å². The van der Waals surface area contributed by atoms with Crippen molar-refractivity contribution >= 4 is 18.0 Å². The van der Waals surface area contributed by atoms with Gasteiger partial charge in [0.25, 0.3) is 0 Å². The van der Waals surface area contributed by atoms with Crippen LogP contribution in [0.25, 0.3) is 0 Å². The molecular formula is C26H40N2O6. The lowest BCUT2D eigenvalue weighted by Crippen LogP contribution is -2.63. The molecule has 2 bridgehead atoms. The molecule has 0 unspecified atom stereocenters. The Kier molecular flexibility index (Phi) is 6.39. The van der Waals surface area contributed by atoms with Gasteiger partial charge < -0.3 is 20.3 Å². The van der Waals surface area contributed by atoms with Crippen LogP contribution in [0.4, 0.5) is 9.59 Å². The van der Waals surface area contributed by atoms with Crippen LogP contribution in [0, 0.1) is 34.0 Å². The molecule has 0 aromatic carbocycles. The molecule has 4 saturated carbocycles. The summed E-state index contributed by atoms with van der Waals surface area (Å²) in [6.07, 6.45) is 2.66. The maximum absolute atomic E-state index is 13.4. The van der Waals surface area contributed by atoms with E-state index in [1.54, 1.807) is 6.08 Å². The van der Waals surface area contributed by atoms with E-state index in [-0.39, 0.29) is 41.1 Å². The Morgan fingerprint density at radius 2 is 1.82 bits per heavy atom. The van der Waals surface area contributed by atoms with Crippen LogP contribution >= 0.6 is 0 Å². The second kappa shape index (κ2) is 8.63. The molecule has 8 atom stereocenters. The monoisotopic (exact) mass is 476 g/mol. The highest BCUT2D eigenvalue weighted by Gasteiger charge is 2.68. The minimum Gasteiger partial charge on any atom is -0.446 e. The number of nitrogens with two attached hydrogens (primary N) is 1. The van der Waals surface area contributed by atoms with Gasteiger partial charge in [-0.1, -0.05) is 33.8 Å². The minimum atomic E-state index is -0.900. The van der Waals surface area contributed by atoms with Crippen LogP contribution in [0.3, 0.4) is 0 Å². The van der Waals surface area contributed by atoms with Gasteiger partial charge in [-0.15, -0.1) is 6.58 Å². The topological polar surface area (TPSA) is 128 Å². The van der Waals surface area contributed by atoms with E-state index in [1.165, 1.54) is 0 Å². The molecular weight excluding hydrogens is 436 g/mol. The van der Waals surface area contributed by atoms with Gasteiger partial charge in [0.2, 0.25) is 0 Å². The summed E-state index contributed by atoms with van der Waals surface area (Å²) in [4.78, 5) is 38.5. The molecule has 8 heteroatoms. The number of ketones is 1. The molecule has 4 aliphatic rings. The Hall–Kier alpha value is -1.93. The van der Waals surface area contributed by atoms with Crippen molar-refractivity contribution in [2.45, 2.75) is 97.0 Å². The highest BCUT2D eigenvalue weighted by atomic mass is 16.6. The summed E-state index contributed by atoms with van der Waals surface area (Å²) in [5.41, 5.74) is 4.02. The van der Waals surface area contributed by atoms with Gasteiger partial charge in [-0.3, -0.25) is 4.79 Å². The zero-order chi connectivity index (χ0) is 25.1. The largest absolute Gasteiger partial charge is 0.446 e. The number of ether oxygens (including phenoxy) is 2. The summed E-state index contributed by atoms with van der Waals surface area (Å²) in [5.74, 6) is -0.114. The Labute approximate surface area is 202 Å². The number of carbonyl (C=O) groups excluding carboxylic acids is 3. The number of imide groups is 1. The van der Waals surface area contributed by atoms with Crippen molar-refractivity contribution in [1.29, 1.82) is 0 Å². The van der Waals surface area contributed by atoms with Gasteiger partial charge in [0, 0.05) is 29.2 Å². The summed E-state index contributed by atoms with van der Waals surface area (Å²) in [6, 6.07) is 0.0158. The van der Waals surface area contributed by atoms with Gasteiger partial charge in [0.1, 0.15) is 18.0 Å². The first-order chi connectivity index (χ1) is 15.9. The minimum absolute atomic E-state index is 0.0158. The molecule has 4 N–H and O–H groups in total. The number of Topliss-reactive ketones (excluding diaryl/α,β-unsaturated/α-hetero) is 1. The number of alkyl carbamates (subject to hydrolysis) is 2. The fourth-order valence-corrected chi connectivity index (χ4v) is 7.63. The summed E-state index contributed by atoms with van der Waals surface area (Å²) in [5, 5.41) is 13.7. The van der Waals surface area contributed by atoms with Gasteiger partial charge in [-0.25, -0.2) is 14.9 Å². The molecule has 34 heavy (non-hydrogen) atoms. The maximum Gasteiger partial charge on any atom is 0.416 e. The van der Waals surface area contributed by atoms with Gasteiger partial charge in [0.05, 0.1) is 6.10 Å². The zero-order valence-corrected chi connectivity index (χ0v) is 20.8. The summed E-state index contributed by atoms with van der Waals surface area (Å²) in [6.45, 7) is 12.2. The van der Waals surface area contributed by atoms with Gasteiger partial charge in [0.15, 0.2) is 0 Å². The van der Waals surface area contributed by atoms with Crippen molar-refractivity contribution < 1.29 is 29.0 Å². The number of hydrogen-bond acceptors (Lipinski definition) is 7. The van der Waals surface area contributed by atoms with Crippen molar-refractivity contribution in [1.82, 2.24) is 5.32 Å². The molecule has 0 aliphatic heterocycles. The van der Waals surface area contributed by atoms with E-state index in [0.29, 0.717) is 25.7 Å². The molecule has 8 nitrogen and oxygen atoms in total. The summed E-state index contributed by atoms with van der Waals surface area (Å²) in [7, 11) is 0. The molecule has 0 saturated heterocycles. The highest BCUT2D eigenvalue weighted by molar-refractivity contribution is 5.88. The molecule has 0 aromatic heterocycles. The first kappa shape index (κ1) is 25.2. The van der Waals surface area contributed by atoms with Crippen LogP contribution in [0.2, 0.25) is 0 Å². The van der Waals surface area contributed by atoms with E-state index in [9.17, 15) is 19.5 Å². The number of carbonyl (C=O) groups is 3. The normalized spacial score (nSPS) is 47.9. The Morgan fingerprint density at radius 1 is 1.18 bits per heavy atom. The Bertz CT molecular complexity index is 871. The molecule has 2 amide bonds. The highest BCUT2D eigenvalue weighted by Crippen LogP contribution is 2.67. The number of aliphatic hydroxyl groups excluding tert-OH is 1. The molecule has 0 spiro atoms. The first-order valence-electron chi connectivity index (χ1n) is 12.7. The molecule has 4 aliphatic carbocycles. The quantitative estimate of drug-likeness (QED) is 0.530. The number of hydrogen-bond donors (Lipinski definition) is 3. The third-order valence-electron chi connectivity index (χ3n) is 10.2. The summed E-state index contributed by atoms with van der Waals surface area (Å²) < 4.78 is 11.2. The van der Waals surface area contributed by atoms with Crippen LogP contribution < -0.4 is 11.1 Å². The van der Waals surface area contributed by atoms with E-state index < -0.39 is 35.2 Å². The summed E-state index contributed by atoms with van der Waals surface area (Å²) >= 11 is 0. The lowest BCUT2D eigenvalue weighted by atomic mass is 9.44. The van der Waals surface area contributed by atoms with Crippen molar-refractivity contribution in [3.8, 4) is 0 Å². The predicted molar refractivity (Wildman–Crippen MR) is 126 cm³/mol. The molecule has 0 radical (unpaired) electrons. The second-order valence-corrected chi connectivity index (χ2v) is 11.9. The molecule has 0 heterocycles. The molecule has 4 rings (SSSR count). The Balaban J connectivity index is 1.64. The van der Waals surface area contributed by atoms with E-state index in [0.717, 1.165) is 19.3 Å². The van der Waals surface area contributed by atoms with Crippen molar-refractivity contribution in [2.75, 3.05) is 0 Å². The average Bonchev–Trinajstić information content (AvgIpc) is 3.11. The number of nitrogens with one attached hydrogen (secondary N) is 1. The lowest BCUT2D eigenvalue weighted by molar-refractivity contribution is -0.191. The second-order valence-electron chi connectivity index (χ2n) is 11.9. The fraction of sp³-hybridized carbons (Fsp3) is 0.808. The van der Waals surface area contributed by atoms with Crippen LogP contribution in [0.5, 0.6) is 0 Å². The molecule has 190 valence electrons. The van der Waals surface area contributed by atoms with Crippen LogP contribution in [0.15, 0.2) is 12.7 Å². The smallest absolute Gasteiger partial charge is 0.416 e. The standard InChI is InChI=1S/C26H40N2O6/c1-6-24(4)13-19(34-23(32)28-22(31)33-17-11-16(27)12-17)25(5)14(2)7-9-26(15(3)21(24)30)10-8-18(29)20(25)26/h6,14-17,19-21,30H,1,7-13,27H2,2-5H3,(H,28,31,32)/t14-,15+,16?,17?,19-,20+,21+,24-,25+,26+/m1/s1. The SMILES string of the molecule is C=C[C@]1(C)C[C@@H](OC(=O)NC(=O)OC2CC(N)C2)[C@]2(C)[C@H](C)CC[C@]3(CCC(=O)[C@H]32)[C@@H](C)[C@@H]1O. The maximum atomic E-state index is 13.4. The van der Waals surface area contributed by atoms with Crippen molar-refractivity contribution in [3.63, 3.8) is 0 Å². The van der Waals surface area contributed by atoms with Gasteiger partial charge in [-0.2, -0.15) is 0 Å². The Morgan fingerprint density at radius 3 is 2.44 bits per heavy atom. The van der Waals surface area contributed by atoms with Crippen LogP contribution in [0.1, 0.15) is 72.6 Å². The number of amides is 2. The van der Waals surface area contributed by atoms with Crippen molar-refractivity contribution in [3.05, 3.63) is 12.7 Å². The average molecular weight is 477 g/mol.